The number of carboxylic acid groups (broad SMARTS) is 1. The van der Waals surface area contributed by atoms with Gasteiger partial charge in [-0.25, -0.2) is 9.59 Å². The van der Waals surface area contributed by atoms with Gasteiger partial charge in [0, 0.05) is 0 Å². The minimum atomic E-state index is -1.66. The van der Waals surface area contributed by atoms with E-state index in [1.54, 1.807) is 12.1 Å². The highest BCUT2D eigenvalue weighted by atomic mass is 17.2. The highest BCUT2D eigenvalue weighted by Crippen LogP contribution is 2.19. The fraction of sp³-hybridized carbons (Fsp3) is 0.429. The van der Waals surface area contributed by atoms with Gasteiger partial charge in [-0.15, -0.1) is 0 Å². The minimum absolute atomic E-state index is 0.00320. The van der Waals surface area contributed by atoms with Gasteiger partial charge in [0.2, 0.25) is 0 Å². The van der Waals surface area contributed by atoms with E-state index >= 15 is 0 Å². The highest BCUT2D eigenvalue weighted by molar-refractivity contribution is 5.97. The Bertz CT molecular complexity index is 443. The lowest BCUT2D eigenvalue weighted by Gasteiger charge is -2.08. The summed E-state index contributed by atoms with van der Waals surface area (Å²) >= 11 is 0. The maximum atomic E-state index is 11.5. The van der Waals surface area contributed by atoms with Crippen LogP contribution in [-0.2, 0) is 9.62 Å². The highest BCUT2D eigenvalue weighted by Gasteiger charge is 2.17. The van der Waals surface area contributed by atoms with Gasteiger partial charge in [0.1, 0.15) is 5.56 Å². The molecule has 20 heavy (non-hydrogen) atoms. The third-order valence-electron chi connectivity index (χ3n) is 2.52. The third-order valence-corrected chi connectivity index (χ3v) is 2.52. The van der Waals surface area contributed by atoms with Crippen LogP contribution >= 0.6 is 0 Å². The number of hydrogen-bond acceptors (Lipinski definition) is 5. The number of rotatable bonds is 8. The molecule has 110 valence electrons. The molecule has 0 aromatic heterocycles. The number of benzene rings is 1. The zero-order chi connectivity index (χ0) is 14.8. The topological polar surface area (TPSA) is 82.1 Å². The lowest BCUT2D eigenvalue weighted by atomic mass is 10.2. The van der Waals surface area contributed by atoms with Gasteiger partial charge < -0.3 is 14.7 Å². The molecule has 6 nitrogen and oxygen atoms in total. The number of para-hydroxylation sites is 1. The van der Waals surface area contributed by atoms with Crippen LogP contribution in [0.4, 0.5) is 4.79 Å². The minimum Gasteiger partial charge on any atom is -0.449 e. The van der Waals surface area contributed by atoms with Crippen molar-refractivity contribution in [1.29, 1.82) is 0 Å². The number of hydrogen-bond donors (Lipinski definition) is 1. The summed E-state index contributed by atoms with van der Waals surface area (Å²) in [5, 5.41) is 8.42. The van der Waals surface area contributed by atoms with Crippen LogP contribution in [0.2, 0.25) is 0 Å². The fourth-order valence-corrected chi connectivity index (χ4v) is 1.54. The maximum absolute atomic E-state index is 11.5. The molecule has 0 spiro atoms. The summed E-state index contributed by atoms with van der Waals surface area (Å²) in [6.07, 6.45) is 2.50. The Labute approximate surface area is 117 Å². The summed E-state index contributed by atoms with van der Waals surface area (Å²) in [5.41, 5.74) is 0.00320. The van der Waals surface area contributed by atoms with Crippen molar-refractivity contribution in [2.45, 2.75) is 32.6 Å². The lowest BCUT2D eigenvalue weighted by molar-refractivity contribution is -0.207. The van der Waals surface area contributed by atoms with Gasteiger partial charge in [-0.05, 0) is 18.6 Å². The summed E-state index contributed by atoms with van der Waals surface area (Å²) in [6.45, 7) is 2.52. The van der Waals surface area contributed by atoms with Crippen LogP contribution in [0.25, 0.3) is 0 Å². The maximum Gasteiger partial charge on any atom is 0.513 e. The molecular weight excluding hydrogens is 264 g/mol. The van der Waals surface area contributed by atoms with E-state index in [2.05, 4.69) is 11.7 Å². The first-order chi connectivity index (χ1) is 9.65. The number of esters is 1. The first kappa shape index (κ1) is 16.0. The van der Waals surface area contributed by atoms with Crippen molar-refractivity contribution in [1.82, 2.24) is 0 Å². The van der Waals surface area contributed by atoms with E-state index in [0.717, 1.165) is 25.7 Å². The van der Waals surface area contributed by atoms with Gasteiger partial charge in [0.15, 0.2) is 5.75 Å². The van der Waals surface area contributed by atoms with E-state index in [-0.39, 0.29) is 11.3 Å². The lowest BCUT2D eigenvalue weighted by Crippen LogP contribution is -2.12. The fourth-order valence-electron chi connectivity index (χ4n) is 1.54. The first-order valence-corrected chi connectivity index (χ1v) is 6.48. The monoisotopic (exact) mass is 282 g/mol. The molecule has 0 saturated heterocycles. The van der Waals surface area contributed by atoms with Crippen LogP contribution in [0.5, 0.6) is 5.75 Å². The van der Waals surface area contributed by atoms with Crippen LogP contribution in [0.15, 0.2) is 24.3 Å². The van der Waals surface area contributed by atoms with Crippen LogP contribution in [0.1, 0.15) is 43.0 Å². The molecule has 0 aliphatic heterocycles. The van der Waals surface area contributed by atoms with Gasteiger partial charge in [-0.2, -0.15) is 4.89 Å². The Morgan fingerprint density at radius 3 is 2.60 bits per heavy atom. The summed E-state index contributed by atoms with van der Waals surface area (Å²) in [6, 6.07) is 6.13. The molecule has 1 N–H and O–H groups in total. The molecule has 0 amide bonds. The van der Waals surface area contributed by atoms with E-state index in [1.807, 2.05) is 0 Å². The van der Waals surface area contributed by atoms with E-state index in [9.17, 15) is 9.59 Å². The second-order valence-corrected chi connectivity index (χ2v) is 4.12. The van der Waals surface area contributed by atoms with Crippen molar-refractivity contribution in [3.05, 3.63) is 29.8 Å². The molecule has 0 aliphatic rings. The number of carbonyl (C=O) groups excluding carboxylic acids is 1. The molecule has 0 saturated carbocycles. The smallest absolute Gasteiger partial charge is 0.449 e. The Balaban J connectivity index is 2.49. The van der Waals surface area contributed by atoms with Crippen molar-refractivity contribution >= 4 is 12.1 Å². The van der Waals surface area contributed by atoms with Gasteiger partial charge in [-0.1, -0.05) is 38.3 Å². The Morgan fingerprint density at radius 1 is 1.15 bits per heavy atom. The molecule has 1 aromatic rings. The normalized spacial score (nSPS) is 10.1. The van der Waals surface area contributed by atoms with Crippen molar-refractivity contribution in [2.75, 3.05) is 6.61 Å². The molecule has 0 unspecified atom stereocenters. The van der Waals surface area contributed by atoms with Crippen molar-refractivity contribution in [2.24, 2.45) is 0 Å². The van der Waals surface area contributed by atoms with Gasteiger partial charge in [0.25, 0.3) is 0 Å². The van der Waals surface area contributed by atoms with E-state index in [0.29, 0.717) is 6.61 Å². The molecule has 0 heterocycles. The van der Waals surface area contributed by atoms with E-state index < -0.39 is 12.1 Å². The summed E-state index contributed by atoms with van der Waals surface area (Å²) < 4.78 is 4.08. The number of ether oxygens (including phenoxy) is 1. The molecular formula is C14H18O6. The average molecular weight is 282 g/mol. The SMILES string of the molecule is CCCCCCOOc1ccccc1C(=O)OC(=O)O. The molecule has 0 radical (unpaired) electrons. The quantitative estimate of drug-likeness (QED) is 0.259. The number of carbonyl (C=O) groups is 2. The predicted molar refractivity (Wildman–Crippen MR) is 70.6 cm³/mol. The molecule has 6 heteroatoms. The molecule has 0 aliphatic carbocycles. The molecule has 1 aromatic carbocycles. The summed E-state index contributed by atoms with van der Waals surface area (Å²) in [4.78, 5) is 31.9. The van der Waals surface area contributed by atoms with Crippen LogP contribution < -0.4 is 4.89 Å². The molecule has 1 rings (SSSR count). The molecule has 0 bridgehead atoms. The Kier molecular flexibility index (Phi) is 7.13. The van der Waals surface area contributed by atoms with Crippen molar-refractivity contribution < 1.29 is 29.2 Å². The largest absolute Gasteiger partial charge is 0.513 e. The van der Waals surface area contributed by atoms with Crippen LogP contribution in [0.3, 0.4) is 0 Å². The average Bonchev–Trinajstić information content (AvgIpc) is 2.42. The second kappa shape index (κ2) is 8.92. The Hall–Kier alpha value is -2.08. The number of unbranched alkanes of at least 4 members (excludes halogenated alkanes) is 3. The van der Waals surface area contributed by atoms with Gasteiger partial charge in [-0.3, -0.25) is 0 Å². The zero-order valence-electron chi connectivity index (χ0n) is 11.3. The third kappa shape index (κ3) is 5.71. The van der Waals surface area contributed by atoms with Crippen molar-refractivity contribution in [3.8, 4) is 5.75 Å². The van der Waals surface area contributed by atoms with Crippen molar-refractivity contribution in [3.63, 3.8) is 0 Å². The van der Waals surface area contributed by atoms with Gasteiger partial charge >= 0.3 is 12.1 Å². The standard InChI is InChI=1S/C14H18O6/c1-2-3-4-7-10-18-20-12-9-6-5-8-11(12)13(15)19-14(16)17/h5-6,8-9H,2-4,7,10H2,1H3,(H,16,17). The van der Waals surface area contributed by atoms with Crippen LogP contribution in [-0.4, -0.2) is 23.8 Å². The predicted octanol–water partition coefficient (Wildman–Crippen LogP) is 3.41. The summed E-state index contributed by atoms with van der Waals surface area (Å²) in [7, 11) is 0. The van der Waals surface area contributed by atoms with Gasteiger partial charge in [0.05, 0.1) is 6.61 Å². The first-order valence-electron chi connectivity index (χ1n) is 6.48. The zero-order valence-corrected chi connectivity index (χ0v) is 11.3. The molecule has 0 atom stereocenters. The van der Waals surface area contributed by atoms with Crippen LogP contribution in [0, 0.1) is 0 Å². The van der Waals surface area contributed by atoms with E-state index in [1.165, 1.54) is 12.1 Å². The van der Waals surface area contributed by atoms with E-state index in [4.69, 9.17) is 14.9 Å². The Morgan fingerprint density at radius 2 is 1.90 bits per heavy atom. The summed E-state index contributed by atoms with van der Waals surface area (Å²) in [5.74, 6) is -0.864. The molecule has 0 fully saturated rings. The second-order valence-electron chi connectivity index (χ2n) is 4.12.